The van der Waals surface area contributed by atoms with Gasteiger partial charge in [0.1, 0.15) is 18.3 Å². The molecule has 4 saturated heterocycles. The van der Waals surface area contributed by atoms with E-state index < -0.39 is 43.1 Å². The fourth-order valence-electron chi connectivity index (χ4n) is 4.49. The molecule has 0 aromatic carbocycles. The molecule has 9 nitrogen and oxygen atoms in total. The quantitative estimate of drug-likeness (QED) is 0.312. The van der Waals surface area contributed by atoms with Gasteiger partial charge in [0.15, 0.2) is 5.78 Å². The number of aliphatic hydroxyl groups excluding tert-OH is 5. The average Bonchev–Trinajstić information content (AvgIpc) is 2.69. The summed E-state index contributed by atoms with van der Waals surface area (Å²) in [7, 11) is 0. The van der Waals surface area contributed by atoms with Crippen molar-refractivity contribution in [1.82, 2.24) is 9.80 Å². The van der Waals surface area contributed by atoms with Crippen LogP contribution in [0.3, 0.4) is 0 Å². The Hall–Kier alpha value is -0.650. The molecule has 4 aliphatic rings. The Balaban J connectivity index is 1.84. The molecule has 0 amide bonds. The smallest absolute Gasteiger partial charge is 0.154 e. The van der Waals surface area contributed by atoms with Gasteiger partial charge >= 0.3 is 0 Å². The van der Waals surface area contributed by atoms with E-state index >= 15 is 0 Å². The first-order valence-electron chi connectivity index (χ1n) is 9.38. The van der Waals surface area contributed by atoms with Crippen molar-refractivity contribution in [2.75, 3.05) is 46.0 Å². The second-order valence-corrected chi connectivity index (χ2v) is 7.52. The summed E-state index contributed by atoms with van der Waals surface area (Å²) in [5.41, 5.74) is 0. The summed E-state index contributed by atoms with van der Waals surface area (Å²) in [5, 5.41) is 50.0. The highest BCUT2D eigenvalue weighted by molar-refractivity contribution is 5.88. The number of aliphatic hydroxyl groups is 5. The van der Waals surface area contributed by atoms with Crippen LogP contribution >= 0.6 is 0 Å². The third-order valence-corrected chi connectivity index (χ3v) is 6.04. The van der Waals surface area contributed by atoms with Crippen LogP contribution in [0.15, 0.2) is 0 Å². The number of nitrogens with zero attached hydrogens (tertiary/aromatic N) is 2. The predicted octanol–water partition coefficient (Wildman–Crippen LogP) is -3.21. The minimum Gasteiger partial charge on any atom is -0.394 e. The average molecular weight is 374 g/mol. The molecule has 0 radical (unpaired) electrons. The molecule has 0 spiro atoms. The van der Waals surface area contributed by atoms with Crippen LogP contribution in [0.5, 0.6) is 0 Å². The van der Waals surface area contributed by atoms with Crippen LogP contribution in [-0.4, -0.2) is 124 Å². The van der Waals surface area contributed by atoms with Gasteiger partial charge in [0.05, 0.1) is 38.0 Å². The van der Waals surface area contributed by atoms with Crippen molar-refractivity contribution in [2.24, 2.45) is 5.92 Å². The lowest BCUT2D eigenvalue weighted by Gasteiger charge is -2.51. The first-order valence-corrected chi connectivity index (χ1v) is 9.38. The summed E-state index contributed by atoms with van der Waals surface area (Å²) in [5.74, 6) is 0.0493. The highest BCUT2D eigenvalue weighted by Gasteiger charge is 2.51. The lowest BCUT2D eigenvalue weighted by molar-refractivity contribution is -0.164. The van der Waals surface area contributed by atoms with E-state index in [9.17, 15) is 25.2 Å². The van der Waals surface area contributed by atoms with Gasteiger partial charge in [0.2, 0.25) is 0 Å². The highest BCUT2D eigenvalue weighted by atomic mass is 16.5. The van der Waals surface area contributed by atoms with Gasteiger partial charge in [0, 0.05) is 19.0 Å². The number of fused-ring (bicyclic) bond motifs is 3. The molecule has 2 bridgehead atoms. The van der Waals surface area contributed by atoms with Crippen molar-refractivity contribution < 1.29 is 35.1 Å². The van der Waals surface area contributed by atoms with Crippen LogP contribution in [-0.2, 0) is 9.53 Å². The van der Waals surface area contributed by atoms with E-state index in [1.54, 1.807) is 0 Å². The highest BCUT2D eigenvalue weighted by Crippen LogP contribution is 2.34. The SMILES string of the molecule is O=C1C2CCN(CC2)[C@@H]1[C@@H]([C@H](O)[C@@H](O)[C@H](O)[C@H](O)CO)N1CCOCC1. The molecular formula is C17H30N2O7. The fraction of sp³-hybridized carbons (Fsp3) is 0.941. The minimum absolute atomic E-state index is 0.0224. The number of Topliss-reactive ketones (excluding diaryl/α,β-unsaturated/α-hetero) is 1. The van der Waals surface area contributed by atoms with Crippen molar-refractivity contribution in [1.29, 1.82) is 0 Å². The minimum atomic E-state index is -1.70. The van der Waals surface area contributed by atoms with E-state index in [-0.39, 0.29) is 11.7 Å². The molecule has 0 saturated carbocycles. The topological polar surface area (TPSA) is 134 Å². The summed E-state index contributed by atoms with van der Waals surface area (Å²) in [6.07, 6.45) is -4.77. The number of carbonyl (C=O) groups is 1. The van der Waals surface area contributed by atoms with Crippen LogP contribution in [0.25, 0.3) is 0 Å². The zero-order valence-corrected chi connectivity index (χ0v) is 14.9. The molecule has 4 fully saturated rings. The normalized spacial score (nSPS) is 35.7. The molecule has 0 aromatic rings. The Labute approximate surface area is 152 Å². The molecule has 5 N–H and O–H groups in total. The maximum atomic E-state index is 12.9. The van der Waals surface area contributed by atoms with Crippen LogP contribution in [0.1, 0.15) is 12.8 Å². The molecule has 9 heteroatoms. The van der Waals surface area contributed by atoms with E-state index in [0.29, 0.717) is 26.3 Å². The first kappa shape index (κ1) is 20.1. The van der Waals surface area contributed by atoms with Gasteiger partial charge in [-0.05, 0) is 25.9 Å². The Kier molecular flexibility index (Phi) is 6.63. The lowest BCUT2D eigenvalue weighted by Crippen LogP contribution is -2.69. The van der Waals surface area contributed by atoms with Crippen LogP contribution < -0.4 is 0 Å². The molecule has 4 rings (SSSR count). The van der Waals surface area contributed by atoms with Crippen molar-refractivity contribution in [3.8, 4) is 0 Å². The monoisotopic (exact) mass is 374 g/mol. The van der Waals surface area contributed by atoms with E-state index in [4.69, 9.17) is 9.84 Å². The van der Waals surface area contributed by atoms with E-state index in [1.807, 2.05) is 9.80 Å². The largest absolute Gasteiger partial charge is 0.394 e. The molecular weight excluding hydrogens is 344 g/mol. The van der Waals surface area contributed by atoms with Gasteiger partial charge in [-0.15, -0.1) is 0 Å². The number of hydrogen-bond donors (Lipinski definition) is 5. The second-order valence-electron chi connectivity index (χ2n) is 7.52. The molecule has 4 aliphatic heterocycles. The number of ketones is 1. The second kappa shape index (κ2) is 8.57. The van der Waals surface area contributed by atoms with Gasteiger partial charge in [0.25, 0.3) is 0 Å². The third kappa shape index (κ3) is 3.81. The molecule has 6 atom stereocenters. The molecule has 0 aromatic heterocycles. The van der Waals surface area contributed by atoms with Crippen LogP contribution in [0, 0.1) is 5.92 Å². The standard InChI is InChI=1S/C17H30N2O7/c20-9-11(21)15(23)17(25)16(24)13(19-5-7-26-8-6-19)12-14(22)10-1-3-18(12)4-2-10/h10-13,15-17,20-21,23-25H,1-9H2/t11-,12-,13+,15-,16+,17+/m1/s1. The Bertz CT molecular complexity index is 480. The number of ether oxygens (including phenoxy) is 1. The molecule has 150 valence electrons. The summed E-state index contributed by atoms with van der Waals surface area (Å²) >= 11 is 0. The first-order chi connectivity index (χ1) is 12.5. The fourth-order valence-corrected chi connectivity index (χ4v) is 4.49. The summed E-state index contributed by atoms with van der Waals surface area (Å²) in [6.45, 7) is 2.75. The Morgan fingerprint density at radius 2 is 1.58 bits per heavy atom. The number of hydrogen-bond acceptors (Lipinski definition) is 9. The molecule has 0 aliphatic carbocycles. The lowest BCUT2D eigenvalue weighted by atomic mass is 9.76. The van der Waals surface area contributed by atoms with Crippen molar-refractivity contribution >= 4 is 5.78 Å². The summed E-state index contributed by atoms with van der Waals surface area (Å²) in [6, 6.07) is -1.26. The molecule has 4 heterocycles. The van der Waals surface area contributed by atoms with E-state index in [1.165, 1.54) is 0 Å². The van der Waals surface area contributed by atoms with E-state index in [0.717, 1.165) is 25.9 Å². The summed E-state index contributed by atoms with van der Waals surface area (Å²) in [4.78, 5) is 16.9. The third-order valence-electron chi connectivity index (χ3n) is 6.04. The summed E-state index contributed by atoms with van der Waals surface area (Å²) < 4.78 is 5.36. The number of rotatable bonds is 7. The maximum absolute atomic E-state index is 12.9. The van der Waals surface area contributed by atoms with E-state index in [2.05, 4.69) is 0 Å². The van der Waals surface area contributed by atoms with Crippen LogP contribution in [0.2, 0.25) is 0 Å². The van der Waals surface area contributed by atoms with Gasteiger partial charge in [-0.1, -0.05) is 0 Å². The zero-order valence-electron chi connectivity index (χ0n) is 14.9. The molecule has 26 heavy (non-hydrogen) atoms. The Morgan fingerprint density at radius 3 is 2.12 bits per heavy atom. The predicted molar refractivity (Wildman–Crippen MR) is 90.4 cm³/mol. The van der Waals surface area contributed by atoms with Gasteiger partial charge in [-0.25, -0.2) is 0 Å². The van der Waals surface area contributed by atoms with Gasteiger partial charge in [-0.2, -0.15) is 0 Å². The Morgan fingerprint density at radius 1 is 0.962 bits per heavy atom. The number of carbonyl (C=O) groups excluding carboxylic acids is 1. The van der Waals surface area contributed by atoms with Crippen molar-refractivity contribution in [3.05, 3.63) is 0 Å². The van der Waals surface area contributed by atoms with Crippen molar-refractivity contribution in [3.63, 3.8) is 0 Å². The van der Waals surface area contributed by atoms with Gasteiger partial charge < -0.3 is 30.3 Å². The molecule has 0 unspecified atom stereocenters. The van der Waals surface area contributed by atoms with Crippen LogP contribution in [0.4, 0.5) is 0 Å². The maximum Gasteiger partial charge on any atom is 0.154 e. The number of morpholine rings is 1. The number of piperidine rings is 3. The zero-order chi connectivity index (χ0) is 18.8. The van der Waals surface area contributed by atoms with Gasteiger partial charge in [-0.3, -0.25) is 14.6 Å². The van der Waals surface area contributed by atoms with Crippen molar-refractivity contribution in [2.45, 2.75) is 49.3 Å².